The van der Waals surface area contributed by atoms with Crippen LogP contribution >= 0.6 is 0 Å². The number of pyridine rings is 1. The fraction of sp³-hybridized carbons (Fsp3) is 0.667. The van der Waals surface area contributed by atoms with Gasteiger partial charge in [0, 0.05) is 30.3 Å². The number of hydrogen-bond acceptors (Lipinski definition) is 5. The lowest BCUT2D eigenvalue weighted by molar-refractivity contribution is -0.384. The third-order valence-corrected chi connectivity index (χ3v) is 4.26. The Labute approximate surface area is 125 Å². The van der Waals surface area contributed by atoms with E-state index in [4.69, 9.17) is 0 Å². The molecule has 2 rings (SSSR count). The first-order valence-corrected chi connectivity index (χ1v) is 7.42. The Morgan fingerprint density at radius 3 is 2.67 bits per heavy atom. The summed E-state index contributed by atoms with van der Waals surface area (Å²) >= 11 is 0. The molecule has 1 aromatic heterocycles. The SMILES string of the molecule is Cc1ccnc(NCC2(CN(C)C)CCCC2)c1[N+](=O)[O-]. The molecule has 0 saturated heterocycles. The molecule has 1 aromatic rings. The first-order valence-electron chi connectivity index (χ1n) is 7.42. The van der Waals surface area contributed by atoms with E-state index in [-0.39, 0.29) is 16.0 Å². The lowest BCUT2D eigenvalue weighted by atomic mass is 9.85. The minimum absolute atomic E-state index is 0.0931. The molecule has 116 valence electrons. The van der Waals surface area contributed by atoms with Gasteiger partial charge in [0.25, 0.3) is 0 Å². The van der Waals surface area contributed by atoms with Gasteiger partial charge in [0.1, 0.15) is 0 Å². The lowest BCUT2D eigenvalue weighted by Gasteiger charge is -2.32. The first-order chi connectivity index (χ1) is 9.93. The van der Waals surface area contributed by atoms with E-state index in [0.29, 0.717) is 11.4 Å². The molecule has 0 bridgehead atoms. The van der Waals surface area contributed by atoms with Crippen LogP contribution in [0.5, 0.6) is 0 Å². The van der Waals surface area contributed by atoms with Crippen molar-refractivity contribution in [3.63, 3.8) is 0 Å². The molecule has 21 heavy (non-hydrogen) atoms. The molecular formula is C15H24N4O2. The summed E-state index contributed by atoms with van der Waals surface area (Å²) in [5, 5.41) is 14.5. The highest BCUT2D eigenvalue weighted by molar-refractivity contribution is 5.59. The Hall–Kier alpha value is -1.69. The van der Waals surface area contributed by atoms with Crippen LogP contribution in [0.1, 0.15) is 31.2 Å². The van der Waals surface area contributed by atoms with Gasteiger partial charge < -0.3 is 10.2 Å². The van der Waals surface area contributed by atoms with Crippen LogP contribution < -0.4 is 5.32 Å². The smallest absolute Gasteiger partial charge is 0.314 e. The van der Waals surface area contributed by atoms with Gasteiger partial charge in [0.15, 0.2) is 0 Å². The highest BCUT2D eigenvalue weighted by atomic mass is 16.6. The highest BCUT2D eigenvalue weighted by Gasteiger charge is 2.35. The van der Waals surface area contributed by atoms with Crippen LogP contribution in [0.4, 0.5) is 11.5 Å². The quantitative estimate of drug-likeness (QED) is 0.645. The van der Waals surface area contributed by atoms with E-state index >= 15 is 0 Å². The van der Waals surface area contributed by atoms with Crippen molar-refractivity contribution in [2.45, 2.75) is 32.6 Å². The Bertz CT molecular complexity index is 510. The first kappa shape index (κ1) is 15.7. The van der Waals surface area contributed by atoms with Gasteiger partial charge in [-0.3, -0.25) is 10.1 Å². The maximum atomic E-state index is 11.2. The van der Waals surface area contributed by atoms with E-state index in [9.17, 15) is 10.1 Å². The fourth-order valence-electron chi connectivity index (χ4n) is 3.37. The molecule has 6 nitrogen and oxygen atoms in total. The highest BCUT2D eigenvalue weighted by Crippen LogP contribution is 2.39. The maximum Gasteiger partial charge on any atom is 0.314 e. The number of aryl methyl sites for hydroxylation is 1. The van der Waals surface area contributed by atoms with Gasteiger partial charge in [0.05, 0.1) is 4.92 Å². The average molecular weight is 292 g/mol. The van der Waals surface area contributed by atoms with Crippen LogP contribution in [0.15, 0.2) is 12.3 Å². The van der Waals surface area contributed by atoms with Crippen molar-refractivity contribution < 1.29 is 4.92 Å². The van der Waals surface area contributed by atoms with Crippen LogP contribution in [-0.2, 0) is 0 Å². The molecule has 0 aromatic carbocycles. The molecule has 0 atom stereocenters. The number of rotatable bonds is 6. The van der Waals surface area contributed by atoms with E-state index in [1.807, 2.05) is 0 Å². The van der Waals surface area contributed by atoms with Crippen LogP contribution in [0.25, 0.3) is 0 Å². The van der Waals surface area contributed by atoms with Gasteiger partial charge in [-0.25, -0.2) is 4.98 Å². The number of nitrogens with one attached hydrogen (secondary N) is 1. The predicted octanol–water partition coefficient (Wildman–Crippen LogP) is 2.83. The van der Waals surface area contributed by atoms with E-state index < -0.39 is 0 Å². The molecule has 1 saturated carbocycles. The standard InChI is InChI=1S/C15H24N4O2/c1-12-6-9-16-14(13(12)19(20)21)17-10-15(11-18(2)3)7-4-5-8-15/h6,9H,4-5,7-8,10-11H2,1-3H3,(H,16,17). The monoisotopic (exact) mass is 292 g/mol. The van der Waals surface area contributed by atoms with Crippen LogP contribution in [-0.4, -0.2) is 42.0 Å². The van der Waals surface area contributed by atoms with Crippen molar-refractivity contribution >= 4 is 11.5 Å². The second-order valence-corrected chi connectivity index (χ2v) is 6.38. The van der Waals surface area contributed by atoms with Gasteiger partial charge in [-0.2, -0.15) is 0 Å². The molecule has 1 N–H and O–H groups in total. The summed E-state index contributed by atoms with van der Waals surface area (Å²) in [5.74, 6) is 0.394. The van der Waals surface area contributed by atoms with E-state index in [0.717, 1.165) is 25.9 Å². The van der Waals surface area contributed by atoms with Gasteiger partial charge in [0.2, 0.25) is 5.82 Å². The van der Waals surface area contributed by atoms with Gasteiger partial charge in [-0.15, -0.1) is 0 Å². The number of nitrogens with zero attached hydrogens (tertiary/aromatic N) is 3. The molecule has 1 aliphatic carbocycles. The van der Waals surface area contributed by atoms with Crippen LogP contribution in [0.3, 0.4) is 0 Å². The topological polar surface area (TPSA) is 71.3 Å². The number of nitro groups is 1. The van der Waals surface area contributed by atoms with E-state index in [2.05, 4.69) is 29.3 Å². The summed E-state index contributed by atoms with van der Waals surface area (Å²) in [5.41, 5.74) is 0.934. The number of anilines is 1. The Morgan fingerprint density at radius 2 is 2.10 bits per heavy atom. The van der Waals surface area contributed by atoms with E-state index in [1.165, 1.54) is 12.8 Å². The minimum Gasteiger partial charge on any atom is -0.364 e. The molecule has 1 heterocycles. The van der Waals surface area contributed by atoms with Crippen molar-refractivity contribution in [3.8, 4) is 0 Å². The van der Waals surface area contributed by atoms with Gasteiger partial charge in [-0.05, 0) is 39.9 Å². The predicted molar refractivity (Wildman–Crippen MR) is 83.6 cm³/mol. The molecule has 1 aliphatic rings. The third kappa shape index (κ3) is 3.69. The van der Waals surface area contributed by atoms with Crippen LogP contribution in [0.2, 0.25) is 0 Å². The van der Waals surface area contributed by atoms with Gasteiger partial charge in [-0.1, -0.05) is 12.8 Å². The largest absolute Gasteiger partial charge is 0.364 e. The third-order valence-electron chi connectivity index (χ3n) is 4.26. The summed E-state index contributed by atoms with van der Waals surface area (Å²) in [7, 11) is 4.15. The number of aromatic nitrogens is 1. The Balaban J connectivity index is 2.15. The lowest BCUT2D eigenvalue weighted by Crippen LogP contribution is -2.37. The summed E-state index contributed by atoms with van der Waals surface area (Å²) < 4.78 is 0. The average Bonchev–Trinajstić information content (AvgIpc) is 2.84. The molecule has 0 spiro atoms. The molecule has 0 aliphatic heterocycles. The Morgan fingerprint density at radius 1 is 1.43 bits per heavy atom. The summed E-state index contributed by atoms with van der Waals surface area (Å²) in [4.78, 5) is 17.2. The number of hydrogen-bond donors (Lipinski definition) is 1. The van der Waals surface area contributed by atoms with Crippen molar-refractivity contribution in [3.05, 3.63) is 27.9 Å². The second-order valence-electron chi connectivity index (χ2n) is 6.38. The maximum absolute atomic E-state index is 11.2. The summed E-state index contributed by atoms with van der Waals surface area (Å²) in [6.07, 6.45) is 6.42. The molecule has 0 radical (unpaired) electrons. The van der Waals surface area contributed by atoms with Crippen LogP contribution in [0, 0.1) is 22.5 Å². The molecule has 6 heteroatoms. The van der Waals surface area contributed by atoms with Crippen molar-refractivity contribution in [1.29, 1.82) is 0 Å². The molecule has 1 fully saturated rings. The second kappa shape index (κ2) is 6.39. The zero-order valence-electron chi connectivity index (χ0n) is 13.1. The normalized spacial score (nSPS) is 17.1. The summed E-state index contributed by atoms with van der Waals surface area (Å²) in [6.45, 7) is 3.48. The van der Waals surface area contributed by atoms with Crippen molar-refractivity contribution in [2.24, 2.45) is 5.41 Å². The summed E-state index contributed by atoms with van der Waals surface area (Å²) in [6, 6.07) is 1.68. The Kier molecular flexibility index (Phi) is 4.77. The molecule has 0 amide bonds. The van der Waals surface area contributed by atoms with E-state index in [1.54, 1.807) is 19.2 Å². The molecular weight excluding hydrogens is 268 g/mol. The fourth-order valence-corrected chi connectivity index (χ4v) is 3.37. The van der Waals surface area contributed by atoms with Gasteiger partial charge >= 0.3 is 5.69 Å². The zero-order chi connectivity index (χ0) is 15.5. The van der Waals surface area contributed by atoms with Crippen molar-refractivity contribution in [2.75, 3.05) is 32.5 Å². The molecule has 0 unspecified atom stereocenters. The minimum atomic E-state index is -0.349. The van der Waals surface area contributed by atoms with Crippen molar-refractivity contribution in [1.82, 2.24) is 9.88 Å². The zero-order valence-corrected chi connectivity index (χ0v) is 13.1.